The number of hydrogen-bond acceptors (Lipinski definition) is 9. The van der Waals surface area contributed by atoms with Crippen molar-refractivity contribution in [3.63, 3.8) is 0 Å². The standard InChI is InChI=1S/C26H26F3N7O4/c1-14(15-11-32-24(33-12-15)26(27,28)29)36-17(6-7-20(37)38)21(22(39)25(2,3)4)16-10-19(34-35-23(16)36)40-13-18-30-8-5-9-31-18/h5,8-12,14H,6-7,13H2,1-4H3,(H,37,38). The maximum absolute atomic E-state index is 13.7. The maximum atomic E-state index is 13.7. The highest BCUT2D eigenvalue weighted by Gasteiger charge is 2.35. The molecule has 0 aliphatic heterocycles. The normalized spacial score (nSPS) is 12.9. The molecule has 0 fully saturated rings. The number of fused-ring (bicyclic) bond motifs is 1. The van der Waals surface area contributed by atoms with Crippen molar-refractivity contribution in [2.45, 2.75) is 59.4 Å². The number of ketones is 1. The summed E-state index contributed by atoms with van der Waals surface area (Å²) in [5.74, 6) is -2.19. The summed E-state index contributed by atoms with van der Waals surface area (Å²) in [4.78, 5) is 40.4. The van der Waals surface area contributed by atoms with Gasteiger partial charge in [-0.3, -0.25) is 9.59 Å². The number of carbonyl (C=O) groups is 2. The van der Waals surface area contributed by atoms with Crippen LogP contribution in [0.15, 0.2) is 36.9 Å². The van der Waals surface area contributed by atoms with Crippen molar-refractivity contribution in [2.75, 3.05) is 0 Å². The number of aromatic nitrogens is 7. The third-order valence-electron chi connectivity index (χ3n) is 6.08. The molecule has 4 aromatic heterocycles. The van der Waals surface area contributed by atoms with Gasteiger partial charge in [-0.05, 0) is 19.4 Å². The fraction of sp³-hybridized carbons (Fsp3) is 0.385. The summed E-state index contributed by atoms with van der Waals surface area (Å²) in [5.41, 5.74) is 0.241. The van der Waals surface area contributed by atoms with E-state index < -0.39 is 29.4 Å². The van der Waals surface area contributed by atoms with Crippen LogP contribution in [0.1, 0.15) is 73.4 Å². The zero-order valence-corrected chi connectivity index (χ0v) is 22.1. The number of aliphatic carboxylic acids is 1. The van der Waals surface area contributed by atoms with Gasteiger partial charge in [0.2, 0.25) is 11.7 Å². The summed E-state index contributed by atoms with van der Waals surface area (Å²) in [7, 11) is 0. The first kappa shape index (κ1) is 28.5. The second kappa shape index (κ2) is 10.9. The van der Waals surface area contributed by atoms with Crippen molar-refractivity contribution < 1.29 is 32.6 Å². The Bertz CT molecular complexity index is 1530. The molecule has 14 heteroatoms. The van der Waals surface area contributed by atoms with Crippen molar-refractivity contribution in [1.82, 2.24) is 34.7 Å². The maximum Gasteiger partial charge on any atom is 0.451 e. The summed E-state index contributed by atoms with van der Waals surface area (Å²) in [5, 5.41) is 18.2. The van der Waals surface area contributed by atoms with Gasteiger partial charge in [0.15, 0.2) is 17.3 Å². The molecule has 0 aliphatic carbocycles. The van der Waals surface area contributed by atoms with Crippen molar-refractivity contribution in [2.24, 2.45) is 5.41 Å². The van der Waals surface area contributed by atoms with E-state index in [0.29, 0.717) is 22.5 Å². The second-order valence-electron chi connectivity index (χ2n) is 10.1. The minimum atomic E-state index is -4.71. The molecule has 1 N–H and O–H groups in total. The number of nitrogens with zero attached hydrogens (tertiary/aromatic N) is 7. The summed E-state index contributed by atoms with van der Waals surface area (Å²) < 4.78 is 46.4. The molecule has 0 spiro atoms. The Morgan fingerprint density at radius 2 is 1.70 bits per heavy atom. The molecule has 1 unspecified atom stereocenters. The smallest absolute Gasteiger partial charge is 0.451 e. The van der Waals surface area contributed by atoms with Gasteiger partial charge in [0.1, 0.15) is 6.61 Å². The molecule has 4 rings (SSSR count). The van der Waals surface area contributed by atoms with E-state index in [-0.39, 0.29) is 42.3 Å². The predicted molar refractivity (Wildman–Crippen MR) is 134 cm³/mol. The quantitative estimate of drug-likeness (QED) is 0.293. The number of carboxylic acid groups (broad SMARTS) is 1. The van der Waals surface area contributed by atoms with E-state index in [2.05, 4.69) is 30.1 Å². The fourth-order valence-corrected chi connectivity index (χ4v) is 4.11. The van der Waals surface area contributed by atoms with Crippen molar-refractivity contribution >= 4 is 22.8 Å². The van der Waals surface area contributed by atoms with Crippen LogP contribution in [0.25, 0.3) is 11.0 Å². The molecule has 0 aromatic carbocycles. The fourth-order valence-electron chi connectivity index (χ4n) is 4.11. The lowest BCUT2D eigenvalue weighted by Crippen LogP contribution is -2.23. The molecular formula is C26H26F3N7O4. The largest absolute Gasteiger partial charge is 0.481 e. The Balaban J connectivity index is 1.88. The lowest BCUT2D eigenvalue weighted by Gasteiger charge is -2.21. The van der Waals surface area contributed by atoms with Gasteiger partial charge in [0.25, 0.3) is 0 Å². The molecule has 0 amide bonds. The van der Waals surface area contributed by atoms with Crippen LogP contribution in [0.4, 0.5) is 13.2 Å². The SMILES string of the molecule is CC(c1cnc(C(F)(F)F)nc1)n1c(CCC(=O)O)c(C(=O)C(C)(C)C)c2cc(OCc3ncccn3)nnc21. The number of carboxylic acids is 1. The highest BCUT2D eigenvalue weighted by molar-refractivity contribution is 6.11. The summed E-state index contributed by atoms with van der Waals surface area (Å²) in [6.07, 6.45) is 0.131. The Kier molecular flexibility index (Phi) is 7.80. The zero-order valence-electron chi connectivity index (χ0n) is 22.1. The van der Waals surface area contributed by atoms with Crippen molar-refractivity contribution in [1.29, 1.82) is 0 Å². The number of rotatable bonds is 9. The first-order chi connectivity index (χ1) is 18.8. The molecule has 4 heterocycles. The number of carbonyl (C=O) groups excluding carboxylic acids is 1. The van der Waals surface area contributed by atoms with Crippen LogP contribution in [-0.2, 0) is 24.0 Å². The predicted octanol–water partition coefficient (Wildman–Crippen LogP) is 4.46. The summed E-state index contributed by atoms with van der Waals surface area (Å²) in [6, 6.07) is 2.46. The average molecular weight is 558 g/mol. The first-order valence-electron chi connectivity index (χ1n) is 12.2. The van der Waals surface area contributed by atoms with Crippen LogP contribution in [0, 0.1) is 5.41 Å². The van der Waals surface area contributed by atoms with Crippen LogP contribution >= 0.6 is 0 Å². The van der Waals surface area contributed by atoms with Crippen LogP contribution in [0.3, 0.4) is 0 Å². The van der Waals surface area contributed by atoms with Gasteiger partial charge < -0.3 is 14.4 Å². The molecule has 1 atom stereocenters. The molecule has 0 bridgehead atoms. The zero-order chi connectivity index (χ0) is 29.2. The number of ether oxygens (including phenoxy) is 1. The van der Waals surface area contributed by atoms with Crippen LogP contribution < -0.4 is 4.74 Å². The van der Waals surface area contributed by atoms with E-state index in [1.807, 2.05) is 0 Å². The van der Waals surface area contributed by atoms with Gasteiger partial charge in [-0.15, -0.1) is 10.2 Å². The molecule has 40 heavy (non-hydrogen) atoms. The molecule has 0 saturated heterocycles. The molecule has 4 aromatic rings. The van der Waals surface area contributed by atoms with Gasteiger partial charge in [-0.1, -0.05) is 20.8 Å². The van der Waals surface area contributed by atoms with Gasteiger partial charge in [-0.25, -0.2) is 19.9 Å². The van der Waals surface area contributed by atoms with Crippen LogP contribution in [0.5, 0.6) is 5.88 Å². The van der Waals surface area contributed by atoms with E-state index in [9.17, 15) is 27.9 Å². The average Bonchev–Trinajstić information content (AvgIpc) is 3.22. The first-order valence-corrected chi connectivity index (χ1v) is 12.2. The minimum Gasteiger partial charge on any atom is -0.481 e. The third kappa shape index (κ3) is 6.05. The second-order valence-corrected chi connectivity index (χ2v) is 10.1. The van der Waals surface area contributed by atoms with Gasteiger partial charge in [0, 0.05) is 58.5 Å². The monoisotopic (exact) mass is 557 g/mol. The molecule has 11 nitrogen and oxygen atoms in total. The third-order valence-corrected chi connectivity index (χ3v) is 6.08. The molecule has 0 radical (unpaired) electrons. The van der Waals surface area contributed by atoms with E-state index in [1.165, 1.54) is 6.07 Å². The van der Waals surface area contributed by atoms with Crippen LogP contribution in [0.2, 0.25) is 0 Å². The lowest BCUT2D eigenvalue weighted by atomic mass is 9.85. The van der Waals surface area contributed by atoms with Gasteiger partial charge >= 0.3 is 12.1 Å². The number of Topliss-reactive ketones (excluding diaryl/α,β-unsaturated/α-hetero) is 1. The highest BCUT2D eigenvalue weighted by atomic mass is 19.4. The number of hydrogen-bond donors (Lipinski definition) is 1. The van der Waals surface area contributed by atoms with Crippen molar-refractivity contribution in [3.05, 3.63) is 65.4 Å². The van der Waals surface area contributed by atoms with E-state index in [4.69, 9.17) is 4.74 Å². The van der Waals surface area contributed by atoms with E-state index in [0.717, 1.165) is 12.4 Å². The van der Waals surface area contributed by atoms with E-state index >= 15 is 0 Å². The number of alkyl halides is 3. The number of halogens is 3. The highest BCUT2D eigenvalue weighted by Crippen LogP contribution is 2.37. The lowest BCUT2D eigenvalue weighted by molar-refractivity contribution is -0.145. The Hall–Kier alpha value is -4.49. The molecule has 0 aliphatic rings. The van der Waals surface area contributed by atoms with Gasteiger partial charge in [0.05, 0.1) is 12.5 Å². The summed E-state index contributed by atoms with van der Waals surface area (Å²) in [6.45, 7) is 6.83. The molecule has 0 saturated carbocycles. The Morgan fingerprint density at radius 3 is 2.27 bits per heavy atom. The molecule has 210 valence electrons. The minimum absolute atomic E-state index is 0.0184. The van der Waals surface area contributed by atoms with E-state index in [1.54, 1.807) is 50.7 Å². The Labute approximate surface area is 226 Å². The Morgan fingerprint density at radius 1 is 1.05 bits per heavy atom. The van der Waals surface area contributed by atoms with Crippen LogP contribution in [-0.4, -0.2) is 51.6 Å². The summed E-state index contributed by atoms with van der Waals surface area (Å²) >= 11 is 0. The van der Waals surface area contributed by atoms with Gasteiger partial charge in [-0.2, -0.15) is 13.2 Å². The molecular weight excluding hydrogens is 531 g/mol. The van der Waals surface area contributed by atoms with Crippen molar-refractivity contribution in [3.8, 4) is 5.88 Å². The topological polar surface area (TPSA) is 146 Å².